The molecule has 0 N–H and O–H groups in total. The van der Waals surface area contributed by atoms with Crippen LogP contribution in [-0.4, -0.2) is 14.4 Å². The van der Waals surface area contributed by atoms with Crippen LogP contribution < -0.4 is 0 Å². The molecule has 0 fully saturated rings. The van der Waals surface area contributed by atoms with Crippen molar-refractivity contribution < 1.29 is 4.43 Å². The minimum atomic E-state index is -1.70. The van der Waals surface area contributed by atoms with Crippen LogP contribution in [0.15, 0.2) is 11.6 Å². The Kier molecular flexibility index (Phi) is 6.22. The smallest absolute Gasteiger partial charge is 0.192 e. The Morgan fingerprint density at radius 1 is 1.35 bits per heavy atom. The van der Waals surface area contributed by atoms with E-state index in [-0.39, 0.29) is 11.1 Å². The lowest BCUT2D eigenvalue weighted by Gasteiger charge is -2.38. The second-order valence-electron chi connectivity index (χ2n) is 6.40. The lowest BCUT2D eigenvalue weighted by molar-refractivity contribution is 0.216. The molecule has 0 saturated carbocycles. The van der Waals surface area contributed by atoms with Crippen LogP contribution in [0.3, 0.4) is 0 Å². The van der Waals surface area contributed by atoms with E-state index in [4.69, 9.17) is 10.8 Å². The van der Waals surface area contributed by atoms with Crippen molar-refractivity contribution in [1.29, 1.82) is 0 Å². The van der Waals surface area contributed by atoms with Crippen molar-refractivity contribution in [3.05, 3.63) is 11.6 Å². The van der Waals surface area contributed by atoms with Gasteiger partial charge < -0.3 is 4.43 Å². The number of allylic oxidation sites excluding steroid dienone is 1. The van der Waals surface area contributed by atoms with Gasteiger partial charge in [-0.15, -0.1) is 12.3 Å². The largest absolute Gasteiger partial charge is 0.411 e. The minimum absolute atomic E-state index is 0.178. The van der Waals surface area contributed by atoms with E-state index < -0.39 is 8.32 Å². The topological polar surface area (TPSA) is 9.23 Å². The van der Waals surface area contributed by atoms with Gasteiger partial charge in [-0.05, 0) is 38.4 Å². The van der Waals surface area contributed by atoms with E-state index in [2.05, 4.69) is 59.7 Å². The first-order chi connectivity index (χ1) is 7.60. The Hall–Kier alpha value is -0.523. The third-order valence-corrected chi connectivity index (χ3v) is 7.85. The lowest BCUT2D eigenvalue weighted by Crippen LogP contribution is -2.43. The van der Waals surface area contributed by atoms with Gasteiger partial charge in [-0.25, -0.2) is 0 Å². The first kappa shape index (κ1) is 16.5. The lowest BCUT2D eigenvalue weighted by atomic mass is 10.1. The molecule has 0 amide bonds. The van der Waals surface area contributed by atoms with Crippen molar-refractivity contribution in [3.63, 3.8) is 0 Å². The van der Waals surface area contributed by atoms with Gasteiger partial charge in [0.15, 0.2) is 8.32 Å². The number of hydrogen-bond donors (Lipinski definition) is 0. The highest BCUT2D eigenvalue weighted by atomic mass is 28.4. The quantitative estimate of drug-likeness (QED) is 0.389. The van der Waals surface area contributed by atoms with Crippen LogP contribution in [0.4, 0.5) is 0 Å². The molecule has 17 heavy (non-hydrogen) atoms. The molecule has 2 heteroatoms. The van der Waals surface area contributed by atoms with Gasteiger partial charge in [0.05, 0.1) is 6.10 Å². The zero-order chi connectivity index (χ0) is 13.7. The SMILES string of the molecule is C#CCCC(C=C(C)C)O[Si](C)(C)C(C)(C)C. The summed E-state index contributed by atoms with van der Waals surface area (Å²) in [6, 6.07) is 0. The van der Waals surface area contributed by atoms with Gasteiger partial charge in [0.1, 0.15) is 0 Å². The molecule has 0 aromatic carbocycles. The summed E-state index contributed by atoms with van der Waals surface area (Å²) in [5.41, 5.74) is 1.30. The maximum absolute atomic E-state index is 6.38. The summed E-state index contributed by atoms with van der Waals surface area (Å²) < 4.78 is 6.38. The highest BCUT2D eigenvalue weighted by Crippen LogP contribution is 2.37. The monoisotopic (exact) mass is 252 g/mol. The van der Waals surface area contributed by atoms with Crippen molar-refractivity contribution in [2.75, 3.05) is 0 Å². The molecule has 0 aliphatic heterocycles. The van der Waals surface area contributed by atoms with Crippen LogP contribution in [0.2, 0.25) is 18.1 Å². The summed E-state index contributed by atoms with van der Waals surface area (Å²) in [6.45, 7) is 15.6. The summed E-state index contributed by atoms with van der Waals surface area (Å²) in [5, 5.41) is 0.247. The zero-order valence-corrected chi connectivity index (χ0v) is 13.6. The van der Waals surface area contributed by atoms with Gasteiger partial charge in [0.2, 0.25) is 0 Å². The van der Waals surface area contributed by atoms with Crippen LogP contribution in [0.1, 0.15) is 47.5 Å². The number of hydrogen-bond acceptors (Lipinski definition) is 1. The first-order valence-corrected chi connectivity index (χ1v) is 9.27. The Balaban J connectivity index is 4.75. The fourth-order valence-electron chi connectivity index (χ4n) is 1.33. The van der Waals surface area contributed by atoms with Crippen LogP contribution in [0.5, 0.6) is 0 Å². The molecule has 0 heterocycles. The predicted octanol–water partition coefficient (Wildman–Crippen LogP) is 4.76. The molecule has 0 aromatic rings. The summed E-state index contributed by atoms with van der Waals surface area (Å²) in [6.07, 6.45) is 9.43. The van der Waals surface area contributed by atoms with Gasteiger partial charge >= 0.3 is 0 Å². The maximum Gasteiger partial charge on any atom is 0.192 e. The summed E-state index contributed by atoms with van der Waals surface area (Å²) in [7, 11) is -1.70. The average molecular weight is 252 g/mol. The van der Waals surface area contributed by atoms with Crippen molar-refractivity contribution in [2.24, 2.45) is 0 Å². The van der Waals surface area contributed by atoms with Crippen molar-refractivity contribution in [1.82, 2.24) is 0 Å². The Morgan fingerprint density at radius 2 is 1.88 bits per heavy atom. The van der Waals surface area contributed by atoms with E-state index in [9.17, 15) is 0 Å². The summed E-state index contributed by atoms with van der Waals surface area (Å²) >= 11 is 0. The Morgan fingerprint density at radius 3 is 2.24 bits per heavy atom. The first-order valence-electron chi connectivity index (χ1n) is 6.36. The second-order valence-corrected chi connectivity index (χ2v) is 11.2. The molecule has 0 rings (SSSR count). The molecule has 0 aliphatic carbocycles. The fourth-order valence-corrected chi connectivity index (χ4v) is 2.63. The molecular formula is C15H28OSi. The second kappa shape index (κ2) is 6.42. The van der Waals surface area contributed by atoms with Crippen LogP contribution in [-0.2, 0) is 4.43 Å². The molecule has 0 saturated heterocycles. The standard InChI is InChI=1S/C15H28OSi/c1-9-10-11-14(12-13(2)3)16-17(7,8)15(4,5)6/h1,12,14H,10-11H2,2-8H3. The summed E-state index contributed by atoms with van der Waals surface area (Å²) in [5.74, 6) is 2.70. The normalized spacial score (nSPS) is 14.0. The number of rotatable bonds is 5. The Labute approximate surface area is 109 Å². The van der Waals surface area contributed by atoms with E-state index in [1.165, 1.54) is 5.57 Å². The molecule has 0 aromatic heterocycles. The van der Waals surface area contributed by atoms with Crippen LogP contribution >= 0.6 is 0 Å². The Bertz CT molecular complexity index is 298. The molecule has 1 nitrogen and oxygen atoms in total. The molecule has 0 spiro atoms. The molecule has 1 atom stereocenters. The van der Waals surface area contributed by atoms with Gasteiger partial charge in [-0.1, -0.05) is 32.4 Å². The predicted molar refractivity (Wildman–Crippen MR) is 79.6 cm³/mol. The highest BCUT2D eigenvalue weighted by molar-refractivity contribution is 6.74. The van der Waals surface area contributed by atoms with E-state index in [1.807, 2.05) is 0 Å². The van der Waals surface area contributed by atoms with Gasteiger partial charge in [0.25, 0.3) is 0 Å². The fraction of sp³-hybridized carbons (Fsp3) is 0.733. The number of terminal acetylenes is 1. The van der Waals surface area contributed by atoms with Gasteiger partial charge in [0, 0.05) is 6.42 Å². The van der Waals surface area contributed by atoms with Crippen molar-refractivity contribution >= 4 is 8.32 Å². The van der Waals surface area contributed by atoms with E-state index in [0.717, 1.165) is 12.8 Å². The molecule has 0 aliphatic rings. The molecular weight excluding hydrogens is 224 g/mol. The molecule has 0 radical (unpaired) electrons. The van der Waals surface area contributed by atoms with E-state index >= 15 is 0 Å². The molecule has 98 valence electrons. The van der Waals surface area contributed by atoms with Gasteiger partial charge in [-0.3, -0.25) is 0 Å². The molecule has 1 unspecified atom stereocenters. The van der Waals surface area contributed by atoms with Crippen LogP contribution in [0.25, 0.3) is 0 Å². The minimum Gasteiger partial charge on any atom is -0.411 e. The molecule has 0 bridgehead atoms. The van der Waals surface area contributed by atoms with Gasteiger partial charge in [-0.2, -0.15) is 0 Å². The van der Waals surface area contributed by atoms with Crippen LogP contribution in [0, 0.1) is 12.3 Å². The maximum atomic E-state index is 6.38. The van der Waals surface area contributed by atoms with Crippen molar-refractivity contribution in [2.45, 2.75) is 71.7 Å². The van der Waals surface area contributed by atoms with E-state index in [0.29, 0.717) is 0 Å². The summed E-state index contributed by atoms with van der Waals surface area (Å²) in [4.78, 5) is 0. The third-order valence-electron chi connectivity index (χ3n) is 3.34. The third kappa shape index (κ3) is 6.09. The highest BCUT2D eigenvalue weighted by Gasteiger charge is 2.38. The average Bonchev–Trinajstić information content (AvgIpc) is 2.10. The zero-order valence-electron chi connectivity index (χ0n) is 12.6. The van der Waals surface area contributed by atoms with Crippen molar-refractivity contribution in [3.8, 4) is 12.3 Å². The van der Waals surface area contributed by atoms with E-state index in [1.54, 1.807) is 0 Å².